The molecule has 0 saturated carbocycles. The number of aromatic nitrogens is 4. The molecular formula is C20H20N4O2S2. The van der Waals surface area contributed by atoms with Gasteiger partial charge in [0, 0.05) is 18.6 Å². The topological polar surface area (TPSA) is 77.8 Å². The Morgan fingerprint density at radius 1 is 1.07 bits per heavy atom. The zero-order valence-corrected chi connectivity index (χ0v) is 17.1. The Labute approximate surface area is 171 Å². The van der Waals surface area contributed by atoms with E-state index in [1.165, 1.54) is 5.56 Å². The van der Waals surface area contributed by atoms with E-state index in [1.54, 1.807) is 23.1 Å². The molecular weight excluding hydrogens is 392 g/mol. The average Bonchev–Trinajstić information content (AvgIpc) is 3.47. The molecule has 0 aliphatic heterocycles. The van der Waals surface area contributed by atoms with Crippen LogP contribution in [0, 0.1) is 0 Å². The highest BCUT2D eigenvalue weighted by Gasteiger charge is 2.13. The van der Waals surface area contributed by atoms with Crippen molar-refractivity contribution >= 4 is 23.1 Å². The molecule has 0 radical (unpaired) electrons. The molecule has 4 rings (SSSR count). The van der Waals surface area contributed by atoms with Gasteiger partial charge in [-0.05, 0) is 29.3 Å². The van der Waals surface area contributed by atoms with Crippen molar-refractivity contribution < 1.29 is 8.94 Å². The summed E-state index contributed by atoms with van der Waals surface area (Å²) in [6.45, 7) is 2.17. The van der Waals surface area contributed by atoms with Gasteiger partial charge >= 0.3 is 0 Å². The Morgan fingerprint density at radius 3 is 2.79 bits per heavy atom. The lowest BCUT2D eigenvalue weighted by atomic mass is 9.98. The molecule has 0 N–H and O–H groups in total. The minimum atomic E-state index is 0.342. The lowest BCUT2D eigenvalue weighted by Crippen LogP contribution is -1.98. The molecule has 8 heteroatoms. The number of hydrogen-bond donors (Lipinski definition) is 0. The first-order valence-electron chi connectivity index (χ1n) is 9.14. The van der Waals surface area contributed by atoms with Gasteiger partial charge in [-0.25, -0.2) is 0 Å². The second kappa shape index (κ2) is 9.16. The van der Waals surface area contributed by atoms with Crippen LogP contribution in [0.25, 0.3) is 10.7 Å². The minimum absolute atomic E-state index is 0.342. The molecule has 0 amide bonds. The zero-order chi connectivity index (χ0) is 19.2. The molecule has 3 aromatic heterocycles. The van der Waals surface area contributed by atoms with Crippen molar-refractivity contribution in [2.24, 2.45) is 0 Å². The molecule has 0 fully saturated rings. The summed E-state index contributed by atoms with van der Waals surface area (Å²) in [7, 11) is 0. The van der Waals surface area contributed by atoms with Gasteiger partial charge in [0.1, 0.15) is 0 Å². The number of thiophene rings is 1. The van der Waals surface area contributed by atoms with Gasteiger partial charge in [-0.2, -0.15) is 4.98 Å². The van der Waals surface area contributed by atoms with Crippen LogP contribution < -0.4 is 0 Å². The predicted octanol–water partition coefficient (Wildman–Crippen LogP) is 5.25. The molecule has 1 atom stereocenters. The first-order valence-corrected chi connectivity index (χ1v) is 11.0. The van der Waals surface area contributed by atoms with Crippen molar-refractivity contribution in [1.29, 1.82) is 0 Å². The summed E-state index contributed by atoms with van der Waals surface area (Å²) in [4.78, 5) is 5.46. The van der Waals surface area contributed by atoms with Crippen LogP contribution in [-0.2, 0) is 12.8 Å². The number of nitrogens with zero attached hydrogens (tertiary/aromatic N) is 4. The van der Waals surface area contributed by atoms with Crippen molar-refractivity contribution in [2.75, 3.05) is 5.75 Å². The van der Waals surface area contributed by atoms with Gasteiger partial charge in [0.2, 0.25) is 17.6 Å². The van der Waals surface area contributed by atoms with Gasteiger partial charge in [0.15, 0.2) is 0 Å². The van der Waals surface area contributed by atoms with Gasteiger partial charge in [-0.15, -0.1) is 21.5 Å². The number of aryl methyl sites for hydroxylation is 1. The third-order valence-electron chi connectivity index (χ3n) is 4.27. The van der Waals surface area contributed by atoms with Crippen LogP contribution in [0.3, 0.4) is 0 Å². The van der Waals surface area contributed by atoms with Crippen LogP contribution in [0.4, 0.5) is 0 Å². The van der Waals surface area contributed by atoms with E-state index in [2.05, 4.69) is 39.4 Å². The number of rotatable bonds is 9. The summed E-state index contributed by atoms with van der Waals surface area (Å²) in [6.07, 6.45) is 2.37. The van der Waals surface area contributed by atoms with Gasteiger partial charge in [0.25, 0.3) is 5.22 Å². The number of thioether (sulfide) groups is 1. The second-order valence-corrected chi connectivity index (χ2v) is 8.41. The van der Waals surface area contributed by atoms with Crippen LogP contribution in [0.2, 0.25) is 0 Å². The summed E-state index contributed by atoms with van der Waals surface area (Å²) in [5.74, 6) is 3.19. The van der Waals surface area contributed by atoms with Gasteiger partial charge in [0.05, 0.1) is 4.88 Å². The van der Waals surface area contributed by atoms with Gasteiger partial charge in [-0.3, -0.25) is 0 Å². The van der Waals surface area contributed by atoms with Crippen LogP contribution in [0.1, 0.15) is 36.6 Å². The molecule has 0 aliphatic carbocycles. The highest BCUT2D eigenvalue weighted by Crippen LogP contribution is 2.24. The Kier molecular flexibility index (Phi) is 6.18. The lowest BCUT2D eigenvalue weighted by Gasteiger charge is -2.08. The molecule has 1 unspecified atom stereocenters. The summed E-state index contributed by atoms with van der Waals surface area (Å²) in [5, 5.41) is 15.0. The maximum atomic E-state index is 5.77. The summed E-state index contributed by atoms with van der Waals surface area (Å²) in [6, 6.07) is 14.3. The van der Waals surface area contributed by atoms with E-state index in [1.807, 2.05) is 35.7 Å². The number of hydrogen-bond acceptors (Lipinski definition) is 8. The Bertz CT molecular complexity index is 983. The van der Waals surface area contributed by atoms with Crippen molar-refractivity contribution in [1.82, 2.24) is 20.3 Å². The maximum absolute atomic E-state index is 5.77. The van der Waals surface area contributed by atoms with Gasteiger partial charge < -0.3 is 8.94 Å². The lowest BCUT2D eigenvalue weighted by molar-refractivity contribution is 0.378. The molecule has 0 bridgehead atoms. The van der Waals surface area contributed by atoms with Crippen molar-refractivity contribution in [3.63, 3.8) is 0 Å². The monoisotopic (exact) mass is 412 g/mol. The minimum Gasteiger partial charge on any atom is -0.416 e. The molecule has 144 valence electrons. The second-order valence-electron chi connectivity index (χ2n) is 6.42. The molecule has 0 spiro atoms. The summed E-state index contributed by atoms with van der Waals surface area (Å²) >= 11 is 3.16. The maximum Gasteiger partial charge on any atom is 0.276 e. The molecule has 0 saturated heterocycles. The normalized spacial score (nSPS) is 12.3. The van der Waals surface area contributed by atoms with E-state index < -0.39 is 0 Å². The largest absolute Gasteiger partial charge is 0.416 e. The van der Waals surface area contributed by atoms with E-state index >= 15 is 0 Å². The van der Waals surface area contributed by atoms with Crippen molar-refractivity contribution in [2.45, 2.75) is 37.3 Å². The molecule has 28 heavy (non-hydrogen) atoms. The highest BCUT2D eigenvalue weighted by molar-refractivity contribution is 7.99. The first-order chi connectivity index (χ1) is 13.8. The Hall–Kier alpha value is -2.45. The SMILES string of the molecule is CC(Cc1nnc(SCCCc2nc(-c3cccs3)no2)o1)c1ccccc1. The van der Waals surface area contributed by atoms with E-state index in [4.69, 9.17) is 8.94 Å². The third kappa shape index (κ3) is 4.88. The molecule has 6 nitrogen and oxygen atoms in total. The van der Waals surface area contributed by atoms with Gasteiger partial charge in [-0.1, -0.05) is 60.2 Å². The third-order valence-corrected chi connectivity index (χ3v) is 6.04. The highest BCUT2D eigenvalue weighted by atomic mass is 32.2. The van der Waals surface area contributed by atoms with Crippen LogP contribution in [-0.4, -0.2) is 26.1 Å². The van der Waals surface area contributed by atoms with E-state index in [0.29, 0.717) is 28.7 Å². The van der Waals surface area contributed by atoms with Crippen LogP contribution in [0.5, 0.6) is 0 Å². The number of benzene rings is 1. The van der Waals surface area contributed by atoms with E-state index in [0.717, 1.165) is 29.9 Å². The fourth-order valence-electron chi connectivity index (χ4n) is 2.79. The van der Waals surface area contributed by atoms with E-state index in [9.17, 15) is 0 Å². The molecule has 1 aromatic carbocycles. The fraction of sp³-hybridized carbons (Fsp3) is 0.300. The summed E-state index contributed by atoms with van der Waals surface area (Å²) in [5.41, 5.74) is 1.27. The van der Waals surface area contributed by atoms with Crippen molar-refractivity contribution in [3.8, 4) is 10.7 Å². The van der Waals surface area contributed by atoms with Crippen LogP contribution >= 0.6 is 23.1 Å². The summed E-state index contributed by atoms with van der Waals surface area (Å²) < 4.78 is 11.1. The van der Waals surface area contributed by atoms with Crippen LogP contribution in [0.15, 0.2) is 62.0 Å². The average molecular weight is 413 g/mol. The zero-order valence-electron chi connectivity index (χ0n) is 15.4. The quantitative estimate of drug-likeness (QED) is 0.274. The molecule has 0 aliphatic rings. The molecule has 4 aromatic rings. The standard InChI is InChI=1S/C20H20N4O2S2/c1-14(15-7-3-2-4-8-15)13-18-22-23-20(25-18)28-12-6-10-17-21-19(24-26-17)16-9-5-11-27-16/h2-5,7-9,11,14H,6,10,12-13H2,1H3. The Morgan fingerprint density at radius 2 is 1.96 bits per heavy atom. The first kappa shape index (κ1) is 18.9. The molecule has 3 heterocycles. The smallest absolute Gasteiger partial charge is 0.276 e. The predicted molar refractivity (Wildman–Crippen MR) is 110 cm³/mol. The Balaban J connectivity index is 1.22. The fourth-order valence-corrected chi connectivity index (χ4v) is 4.15. The van der Waals surface area contributed by atoms with E-state index in [-0.39, 0.29) is 0 Å². The van der Waals surface area contributed by atoms with Crippen molar-refractivity contribution in [3.05, 3.63) is 65.2 Å².